The van der Waals surface area contributed by atoms with Crippen LogP contribution in [0.25, 0.3) is 0 Å². The molecule has 1 fully saturated rings. The highest BCUT2D eigenvalue weighted by atomic mass is 16.1. The van der Waals surface area contributed by atoms with Crippen molar-refractivity contribution in [1.82, 2.24) is 10.6 Å². The molecule has 0 aromatic heterocycles. The molecule has 0 saturated heterocycles. The second-order valence-electron chi connectivity index (χ2n) is 5.62. The number of anilines is 1. The standard InChI is InChI=1S/C16H25N3O/c1-12-10-13(11-18-14-5-6-14)4-7-15(12)19(3)9-8-16(20)17-2/h4,7,10,14,18H,5-6,8-9,11H2,1-3H3,(H,17,20). The molecule has 1 aliphatic carbocycles. The Bertz CT molecular complexity index is 469. The van der Waals surface area contributed by atoms with E-state index in [1.165, 1.54) is 29.7 Å². The lowest BCUT2D eigenvalue weighted by Crippen LogP contribution is -2.26. The lowest BCUT2D eigenvalue weighted by atomic mass is 10.1. The summed E-state index contributed by atoms with van der Waals surface area (Å²) in [5, 5.41) is 6.18. The minimum absolute atomic E-state index is 0.0831. The maximum atomic E-state index is 11.3. The van der Waals surface area contributed by atoms with E-state index in [-0.39, 0.29) is 5.91 Å². The van der Waals surface area contributed by atoms with Crippen LogP contribution < -0.4 is 15.5 Å². The Kier molecular flexibility index (Phi) is 5.01. The predicted molar refractivity (Wildman–Crippen MR) is 83.0 cm³/mol. The number of carbonyl (C=O) groups is 1. The SMILES string of the molecule is CNC(=O)CCN(C)c1ccc(CNC2CC2)cc1C. The summed E-state index contributed by atoms with van der Waals surface area (Å²) < 4.78 is 0. The smallest absolute Gasteiger partial charge is 0.221 e. The Morgan fingerprint density at radius 3 is 2.75 bits per heavy atom. The van der Waals surface area contributed by atoms with Crippen LogP contribution in [-0.4, -0.2) is 32.6 Å². The number of nitrogens with one attached hydrogen (secondary N) is 2. The second-order valence-corrected chi connectivity index (χ2v) is 5.62. The molecule has 1 aliphatic rings. The van der Waals surface area contributed by atoms with Gasteiger partial charge in [-0.05, 0) is 37.0 Å². The number of aryl methyl sites for hydroxylation is 1. The number of hydrogen-bond acceptors (Lipinski definition) is 3. The summed E-state index contributed by atoms with van der Waals surface area (Å²) in [6.45, 7) is 3.82. The fraction of sp³-hybridized carbons (Fsp3) is 0.562. The molecule has 2 rings (SSSR count). The highest BCUT2D eigenvalue weighted by molar-refractivity contribution is 5.76. The van der Waals surface area contributed by atoms with Gasteiger partial charge in [0.1, 0.15) is 0 Å². The normalized spacial score (nSPS) is 14.2. The number of benzene rings is 1. The van der Waals surface area contributed by atoms with Crippen LogP contribution in [0.5, 0.6) is 0 Å². The first-order valence-corrected chi connectivity index (χ1v) is 7.35. The minimum atomic E-state index is 0.0831. The molecule has 1 aromatic carbocycles. The molecule has 0 spiro atoms. The monoisotopic (exact) mass is 275 g/mol. The zero-order chi connectivity index (χ0) is 14.5. The first-order valence-electron chi connectivity index (χ1n) is 7.35. The van der Waals surface area contributed by atoms with Crippen molar-refractivity contribution in [2.45, 2.75) is 38.8 Å². The van der Waals surface area contributed by atoms with Gasteiger partial charge < -0.3 is 15.5 Å². The first kappa shape index (κ1) is 14.9. The molecule has 4 nitrogen and oxygen atoms in total. The van der Waals surface area contributed by atoms with Gasteiger partial charge >= 0.3 is 0 Å². The van der Waals surface area contributed by atoms with E-state index < -0.39 is 0 Å². The van der Waals surface area contributed by atoms with Gasteiger partial charge in [0.25, 0.3) is 0 Å². The van der Waals surface area contributed by atoms with Crippen LogP contribution in [-0.2, 0) is 11.3 Å². The number of amides is 1. The van der Waals surface area contributed by atoms with Crippen molar-refractivity contribution in [1.29, 1.82) is 0 Å². The van der Waals surface area contributed by atoms with E-state index >= 15 is 0 Å². The van der Waals surface area contributed by atoms with Crippen molar-refractivity contribution in [2.24, 2.45) is 0 Å². The molecule has 0 bridgehead atoms. The first-order chi connectivity index (χ1) is 9.60. The van der Waals surface area contributed by atoms with E-state index in [0.717, 1.165) is 19.1 Å². The van der Waals surface area contributed by atoms with Gasteiger partial charge in [0, 0.05) is 45.3 Å². The van der Waals surface area contributed by atoms with E-state index in [0.29, 0.717) is 6.42 Å². The fourth-order valence-corrected chi connectivity index (χ4v) is 2.32. The van der Waals surface area contributed by atoms with Crippen LogP contribution in [0.2, 0.25) is 0 Å². The van der Waals surface area contributed by atoms with E-state index in [1.807, 2.05) is 7.05 Å². The molecule has 0 radical (unpaired) electrons. The van der Waals surface area contributed by atoms with Gasteiger partial charge in [0.15, 0.2) is 0 Å². The quantitative estimate of drug-likeness (QED) is 0.798. The second kappa shape index (κ2) is 6.75. The Morgan fingerprint density at radius 1 is 1.40 bits per heavy atom. The summed E-state index contributed by atoms with van der Waals surface area (Å²) in [5.74, 6) is 0.0831. The van der Waals surface area contributed by atoms with Crippen molar-refractivity contribution < 1.29 is 4.79 Å². The van der Waals surface area contributed by atoms with Crippen molar-refractivity contribution in [3.63, 3.8) is 0 Å². The third kappa shape index (κ3) is 4.23. The van der Waals surface area contributed by atoms with Crippen molar-refractivity contribution in [3.8, 4) is 0 Å². The molecule has 0 aliphatic heterocycles. The number of hydrogen-bond donors (Lipinski definition) is 2. The number of carbonyl (C=O) groups excluding carboxylic acids is 1. The number of nitrogens with zero attached hydrogens (tertiary/aromatic N) is 1. The minimum Gasteiger partial charge on any atom is -0.374 e. The highest BCUT2D eigenvalue weighted by Gasteiger charge is 2.20. The highest BCUT2D eigenvalue weighted by Crippen LogP contribution is 2.22. The van der Waals surface area contributed by atoms with Gasteiger partial charge in [0.2, 0.25) is 5.91 Å². The van der Waals surface area contributed by atoms with Gasteiger partial charge in [-0.3, -0.25) is 4.79 Å². The molecule has 1 aromatic rings. The molecule has 0 unspecified atom stereocenters. The van der Waals surface area contributed by atoms with Gasteiger partial charge in [-0.15, -0.1) is 0 Å². The van der Waals surface area contributed by atoms with Gasteiger partial charge in [-0.25, -0.2) is 0 Å². The molecule has 0 atom stereocenters. The predicted octanol–water partition coefficient (Wildman–Crippen LogP) is 1.82. The zero-order valence-electron chi connectivity index (χ0n) is 12.7. The van der Waals surface area contributed by atoms with Crippen molar-refractivity contribution in [3.05, 3.63) is 29.3 Å². The van der Waals surface area contributed by atoms with E-state index in [2.05, 4.69) is 40.7 Å². The molecule has 4 heteroatoms. The maximum Gasteiger partial charge on any atom is 0.221 e. The molecular formula is C16H25N3O. The Balaban J connectivity index is 1.91. The van der Waals surface area contributed by atoms with E-state index in [4.69, 9.17) is 0 Å². The summed E-state index contributed by atoms with van der Waals surface area (Å²) in [6.07, 6.45) is 3.16. The molecule has 20 heavy (non-hydrogen) atoms. The third-order valence-electron chi connectivity index (χ3n) is 3.80. The van der Waals surface area contributed by atoms with E-state index in [9.17, 15) is 4.79 Å². The fourth-order valence-electron chi connectivity index (χ4n) is 2.32. The van der Waals surface area contributed by atoms with Gasteiger partial charge in [-0.1, -0.05) is 12.1 Å². The third-order valence-corrected chi connectivity index (χ3v) is 3.80. The molecule has 110 valence electrons. The largest absolute Gasteiger partial charge is 0.374 e. The average molecular weight is 275 g/mol. The zero-order valence-corrected chi connectivity index (χ0v) is 12.7. The summed E-state index contributed by atoms with van der Waals surface area (Å²) >= 11 is 0. The summed E-state index contributed by atoms with van der Waals surface area (Å²) in [7, 11) is 3.71. The van der Waals surface area contributed by atoms with Crippen molar-refractivity contribution >= 4 is 11.6 Å². The van der Waals surface area contributed by atoms with Crippen LogP contribution in [0.1, 0.15) is 30.4 Å². The lowest BCUT2D eigenvalue weighted by Gasteiger charge is -2.21. The van der Waals surface area contributed by atoms with Crippen LogP contribution in [0.15, 0.2) is 18.2 Å². The molecule has 2 N–H and O–H groups in total. The van der Waals surface area contributed by atoms with Gasteiger partial charge in [0.05, 0.1) is 0 Å². The maximum absolute atomic E-state index is 11.3. The Morgan fingerprint density at radius 2 is 2.15 bits per heavy atom. The number of rotatable bonds is 7. The Hall–Kier alpha value is -1.55. The van der Waals surface area contributed by atoms with Crippen molar-refractivity contribution in [2.75, 3.05) is 25.5 Å². The molecular weight excluding hydrogens is 250 g/mol. The molecule has 1 saturated carbocycles. The van der Waals surface area contributed by atoms with Gasteiger partial charge in [-0.2, -0.15) is 0 Å². The topological polar surface area (TPSA) is 44.4 Å². The Labute approximate surface area is 121 Å². The average Bonchev–Trinajstić information content (AvgIpc) is 3.26. The molecule has 0 heterocycles. The summed E-state index contributed by atoms with van der Waals surface area (Å²) in [4.78, 5) is 13.4. The van der Waals surface area contributed by atoms with Crippen LogP contribution in [0.4, 0.5) is 5.69 Å². The van der Waals surface area contributed by atoms with E-state index in [1.54, 1.807) is 7.05 Å². The van der Waals surface area contributed by atoms with Crippen LogP contribution in [0, 0.1) is 6.92 Å². The summed E-state index contributed by atoms with van der Waals surface area (Å²) in [6, 6.07) is 7.31. The van der Waals surface area contributed by atoms with Crippen LogP contribution >= 0.6 is 0 Å². The van der Waals surface area contributed by atoms with Crippen LogP contribution in [0.3, 0.4) is 0 Å². The summed E-state index contributed by atoms with van der Waals surface area (Å²) in [5.41, 5.74) is 3.79. The lowest BCUT2D eigenvalue weighted by molar-refractivity contribution is -0.120. The molecule has 1 amide bonds.